The molecule has 9 aromatic heterocycles. The molecule has 0 saturated heterocycles. The second-order valence-corrected chi connectivity index (χ2v) is 37.0. The fraction of sp³-hybridized carbons (Fsp3) is 0.375. The molecule has 11 heterocycles. The summed E-state index contributed by atoms with van der Waals surface area (Å²) in [5.41, 5.74) is 30.5. The number of amides is 4. The molecule has 95 heavy (non-hydrogen) atoms. The number of benzene rings is 2. The van der Waals surface area contributed by atoms with Crippen LogP contribution in [0.5, 0.6) is 0 Å². The lowest BCUT2D eigenvalue weighted by Gasteiger charge is -2.34. The minimum Gasteiger partial charge on any atom is -0.277 e. The second kappa shape index (κ2) is 26.5. The van der Waals surface area contributed by atoms with Crippen LogP contribution in [-0.2, 0) is 0 Å². The number of carbonyl (C=O) groups excluding carboxylic acids is 4. The minimum absolute atomic E-state index is 0.400. The molecule has 6 nitrogen and oxygen atoms in total. The van der Waals surface area contributed by atoms with E-state index in [2.05, 4.69) is 166 Å². The Morgan fingerprint density at radius 3 is 0.400 bits per heavy atom. The van der Waals surface area contributed by atoms with Gasteiger partial charge in [-0.15, -0.1) is 102 Å². The van der Waals surface area contributed by atoms with Gasteiger partial charge in [0.05, 0.1) is 22.3 Å². The molecule has 4 amide bonds. The van der Waals surface area contributed by atoms with Gasteiger partial charge in [0.25, 0.3) is 23.6 Å². The average Bonchev–Trinajstić information content (AvgIpc) is 1.69. The highest BCUT2D eigenvalue weighted by atomic mass is 32.1. The SMILES string of the molecule is Cc1c(C)c2c3c(c(C)c(C)c4c3c1C(=O)N(C)C4=O)C(=O)N(C)C2=O.Cc1sc(-c2sc(-c3sc(-c4sc(C)c(C)c4C)c(C)c3C)c(C)c2C)c(C)c1C.Cc1sc(-c2sc(-c3sc(C)c(C)c3C)c(C)c2C)c(C)c1C.Cc1sc(-c2sc(C)c(C)c2C)c(C)c1C. The lowest BCUT2D eigenvalue weighted by atomic mass is 9.78. The Morgan fingerprint density at radius 1 is 0.168 bits per heavy atom. The van der Waals surface area contributed by atoms with Crippen LogP contribution in [0.1, 0.15) is 193 Å². The van der Waals surface area contributed by atoms with Crippen molar-refractivity contribution in [2.75, 3.05) is 14.1 Å². The fourth-order valence-corrected chi connectivity index (χ4v) is 25.4. The number of nitrogens with zero attached hydrogens (tertiary/aromatic N) is 2. The van der Waals surface area contributed by atoms with Gasteiger partial charge in [-0.1, -0.05) is 0 Å². The first-order valence-corrected chi connectivity index (χ1v) is 39.6. The van der Waals surface area contributed by atoms with Crippen LogP contribution in [0.4, 0.5) is 0 Å². The van der Waals surface area contributed by atoms with Crippen LogP contribution in [0.2, 0.25) is 0 Å². The molecule has 0 N–H and O–H groups in total. The van der Waals surface area contributed by atoms with Crippen molar-refractivity contribution in [3.8, 4) is 58.5 Å². The van der Waals surface area contributed by atoms with Crippen LogP contribution in [-0.4, -0.2) is 47.5 Å². The van der Waals surface area contributed by atoms with Crippen molar-refractivity contribution >= 4 is 136 Å². The zero-order chi connectivity index (χ0) is 70.4. The first-order valence-electron chi connectivity index (χ1n) is 32.3. The van der Waals surface area contributed by atoms with E-state index in [1.807, 2.05) is 102 Å². The molecule has 13 rings (SSSR count). The molecule has 2 aliphatic heterocycles. The molecule has 0 fully saturated rings. The van der Waals surface area contributed by atoms with E-state index in [9.17, 15) is 19.2 Å². The van der Waals surface area contributed by atoms with E-state index in [4.69, 9.17) is 0 Å². The van der Waals surface area contributed by atoms with Crippen molar-refractivity contribution in [2.45, 2.75) is 194 Å². The van der Waals surface area contributed by atoms with Crippen LogP contribution in [0.15, 0.2) is 0 Å². The molecular formula is C80H90N2O4S9. The topological polar surface area (TPSA) is 74.8 Å². The van der Waals surface area contributed by atoms with E-state index < -0.39 is 23.6 Å². The molecule has 2 aliphatic rings. The maximum Gasteiger partial charge on any atom is 0.261 e. The van der Waals surface area contributed by atoms with Gasteiger partial charge in [0.1, 0.15) is 0 Å². The lowest BCUT2D eigenvalue weighted by Crippen LogP contribution is -2.42. The summed E-state index contributed by atoms with van der Waals surface area (Å²) >= 11 is 17.7. The standard InChI is InChI=1S/C26H30S4.C20H18N2O4.C20H24S3.C14H18S2/c1-11-13(3)21(27-19(11)9)23-15(5)17(7)25(29-23)26-18(8)16(6)24(30-26)22-14(4)12(2)20(10)28-22;1-7-8(2)12-16-14(20(26)22(6)18(12)24)10(4)9(3)13-15(16)11(7)17(23)21(5)19(13)25;1-9-11(3)17(21-15(9)7)19-13(5)14(6)20(23-19)18-12(4)10(2)16(8)22-18;1-7-9(3)13(15-11(7)5)14-10(4)8(2)12(6)16-14/h1-10H3;1-6H3;1-8H3;1-6H3. The summed E-state index contributed by atoms with van der Waals surface area (Å²) in [7, 11) is 2.92. The molecule has 2 aromatic carbocycles. The largest absolute Gasteiger partial charge is 0.277 e. The van der Waals surface area contributed by atoms with Crippen molar-refractivity contribution in [1.82, 2.24) is 9.80 Å². The first-order chi connectivity index (χ1) is 44.3. The molecule has 0 unspecified atom stereocenters. The van der Waals surface area contributed by atoms with E-state index in [0.29, 0.717) is 55.3 Å². The highest BCUT2D eigenvalue weighted by Gasteiger charge is 2.42. The number of hydrogen-bond acceptors (Lipinski definition) is 13. The van der Waals surface area contributed by atoms with Crippen LogP contribution < -0.4 is 0 Å². The van der Waals surface area contributed by atoms with Crippen LogP contribution in [0, 0.1) is 194 Å². The molecule has 0 bridgehead atoms. The number of rotatable bonds is 6. The number of imide groups is 2. The molecule has 11 aromatic rings. The van der Waals surface area contributed by atoms with Gasteiger partial charge < -0.3 is 0 Å². The molecule has 0 atom stereocenters. The maximum absolute atomic E-state index is 12.9. The number of carbonyl (C=O) groups is 4. The minimum atomic E-state index is -0.400. The average molecular weight is 1430 g/mol. The summed E-state index contributed by atoms with van der Waals surface area (Å²) < 4.78 is 0. The van der Waals surface area contributed by atoms with Crippen molar-refractivity contribution in [3.05, 3.63) is 174 Å². The fourth-order valence-electron chi connectivity index (χ4n) is 13.0. The summed E-state index contributed by atoms with van der Waals surface area (Å²) in [5.74, 6) is -1.60. The molecule has 0 aliphatic carbocycles. The molecular weight excluding hydrogens is 1340 g/mol. The van der Waals surface area contributed by atoms with Crippen LogP contribution >= 0.6 is 102 Å². The van der Waals surface area contributed by atoms with Gasteiger partial charge in [0, 0.05) is 113 Å². The maximum atomic E-state index is 12.9. The van der Waals surface area contributed by atoms with E-state index in [-0.39, 0.29) is 0 Å². The Kier molecular flexibility index (Phi) is 20.1. The van der Waals surface area contributed by atoms with Gasteiger partial charge in [0.2, 0.25) is 0 Å². The summed E-state index contributed by atoms with van der Waals surface area (Å²) in [6, 6.07) is 0. The Bertz CT molecular complexity index is 4710. The summed E-state index contributed by atoms with van der Waals surface area (Å²) in [6.07, 6.45) is 0. The molecule has 0 radical (unpaired) electrons. The van der Waals surface area contributed by atoms with E-state index in [0.717, 1.165) is 9.80 Å². The predicted molar refractivity (Wildman–Crippen MR) is 422 cm³/mol. The first kappa shape index (κ1) is 72.0. The third-order valence-corrected chi connectivity index (χ3v) is 34.7. The Balaban J connectivity index is 0.000000141. The zero-order valence-electron chi connectivity index (χ0n) is 61.2. The Hall–Kier alpha value is -5.72. The van der Waals surface area contributed by atoms with E-state index in [1.54, 1.807) is 27.7 Å². The zero-order valence-corrected chi connectivity index (χ0v) is 68.6. The van der Waals surface area contributed by atoms with Crippen molar-refractivity contribution in [1.29, 1.82) is 0 Å². The number of hydrogen-bond donors (Lipinski definition) is 0. The highest BCUT2D eigenvalue weighted by Crippen LogP contribution is 2.54. The van der Waals surface area contributed by atoms with E-state index in [1.165, 1.54) is 202 Å². The van der Waals surface area contributed by atoms with Gasteiger partial charge in [-0.25, -0.2) is 0 Å². The molecule has 0 saturated carbocycles. The van der Waals surface area contributed by atoms with Crippen molar-refractivity contribution in [2.24, 2.45) is 0 Å². The Morgan fingerprint density at radius 2 is 0.284 bits per heavy atom. The third-order valence-electron chi connectivity index (χ3n) is 21.6. The van der Waals surface area contributed by atoms with Gasteiger partial charge in [0.15, 0.2) is 0 Å². The van der Waals surface area contributed by atoms with Crippen LogP contribution in [0.3, 0.4) is 0 Å². The predicted octanol–water partition coefficient (Wildman–Crippen LogP) is 25.5. The third kappa shape index (κ3) is 11.6. The molecule has 15 heteroatoms. The number of thiophene rings is 9. The molecule has 498 valence electrons. The molecule has 0 spiro atoms. The Labute approximate surface area is 600 Å². The van der Waals surface area contributed by atoms with Gasteiger partial charge in [-0.2, -0.15) is 0 Å². The summed E-state index contributed by atoms with van der Waals surface area (Å²) in [6.45, 7) is 61.4. The monoisotopic (exact) mass is 1430 g/mol. The summed E-state index contributed by atoms with van der Waals surface area (Å²) in [4.78, 5) is 80.0. The lowest BCUT2D eigenvalue weighted by molar-refractivity contribution is 0.0627. The smallest absolute Gasteiger partial charge is 0.261 e. The normalized spacial score (nSPS) is 12.8. The second-order valence-electron chi connectivity index (χ2n) is 26.5. The van der Waals surface area contributed by atoms with Crippen LogP contribution in [0.25, 0.3) is 69.3 Å². The van der Waals surface area contributed by atoms with Gasteiger partial charge in [-0.3, -0.25) is 29.0 Å². The number of aryl methyl sites for hydroxylation is 6. The van der Waals surface area contributed by atoms with Gasteiger partial charge >= 0.3 is 0 Å². The summed E-state index contributed by atoms with van der Waals surface area (Å²) in [5, 5.41) is 0.896. The van der Waals surface area contributed by atoms with Crippen molar-refractivity contribution in [3.63, 3.8) is 0 Å². The van der Waals surface area contributed by atoms with E-state index >= 15 is 0 Å². The van der Waals surface area contributed by atoms with Gasteiger partial charge in [-0.05, 0) is 316 Å². The van der Waals surface area contributed by atoms with Crippen molar-refractivity contribution < 1.29 is 19.2 Å². The highest BCUT2D eigenvalue weighted by molar-refractivity contribution is 7.29. The quantitative estimate of drug-likeness (QED) is 0.156.